The molecular formula is C25H27NOS. The van der Waals surface area contributed by atoms with Gasteiger partial charge in [-0.15, -0.1) is 11.8 Å². The lowest BCUT2D eigenvalue weighted by molar-refractivity contribution is 0.0940. The van der Waals surface area contributed by atoms with Gasteiger partial charge in [0.1, 0.15) is 0 Å². The van der Waals surface area contributed by atoms with Crippen LogP contribution in [-0.4, -0.2) is 5.91 Å². The van der Waals surface area contributed by atoms with E-state index in [-0.39, 0.29) is 11.9 Å². The third-order valence-electron chi connectivity index (χ3n) is 4.88. The maximum Gasteiger partial charge on any atom is 0.251 e. The molecule has 1 unspecified atom stereocenters. The van der Waals surface area contributed by atoms with Gasteiger partial charge in [-0.3, -0.25) is 4.79 Å². The summed E-state index contributed by atoms with van der Waals surface area (Å²) in [7, 11) is 0. The van der Waals surface area contributed by atoms with E-state index in [4.69, 9.17) is 0 Å². The summed E-state index contributed by atoms with van der Waals surface area (Å²) in [5.74, 6) is 0.856. The second-order valence-electron chi connectivity index (χ2n) is 7.35. The molecule has 3 heteroatoms. The zero-order valence-corrected chi connectivity index (χ0v) is 17.8. The van der Waals surface area contributed by atoms with Crippen LogP contribution >= 0.6 is 11.8 Å². The summed E-state index contributed by atoms with van der Waals surface area (Å²) in [6, 6.07) is 22.8. The molecule has 0 aromatic heterocycles. The largest absolute Gasteiger partial charge is 0.346 e. The van der Waals surface area contributed by atoms with E-state index in [1.54, 1.807) is 11.8 Å². The van der Waals surface area contributed by atoms with Gasteiger partial charge in [0.25, 0.3) is 5.91 Å². The average molecular weight is 390 g/mol. The van der Waals surface area contributed by atoms with E-state index in [0.29, 0.717) is 5.56 Å². The first-order valence-electron chi connectivity index (χ1n) is 9.59. The fourth-order valence-corrected chi connectivity index (χ4v) is 4.08. The number of aryl methyl sites for hydroxylation is 3. The third kappa shape index (κ3) is 5.26. The van der Waals surface area contributed by atoms with E-state index in [1.807, 2.05) is 31.2 Å². The Labute approximate surface area is 172 Å². The molecule has 0 fully saturated rings. The number of hydrogen-bond donors (Lipinski definition) is 1. The molecule has 1 N–H and O–H groups in total. The maximum absolute atomic E-state index is 12.6. The van der Waals surface area contributed by atoms with E-state index >= 15 is 0 Å². The van der Waals surface area contributed by atoms with Crippen LogP contribution in [0, 0.1) is 20.8 Å². The summed E-state index contributed by atoms with van der Waals surface area (Å²) in [5.41, 5.74) is 6.78. The Morgan fingerprint density at radius 3 is 2.18 bits per heavy atom. The van der Waals surface area contributed by atoms with Crippen LogP contribution in [0.5, 0.6) is 0 Å². The molecule has 0 heterocycles. The number of carbonyl (C=O) groups excluding carboxylic acids is 1. The lowest BCUT2D eigenvalue weighted by atomic mass is 10.00. The fourth-order valence-electron chi connectivity index (χ4n) is 3.22. The van der Waals surface area contributed by atoms with Crippen molar-refractivity contribution in [1.82, 2.24) is 5.32 Å². The van der Waals surface area contributed by atoms with Gasteiger partial charge in [0.2, 0.25) is 0 Å². The van der Waals surface area contributed by atoms with Crippen molar-refractivity contribution in [1.29, 1.82) is 0 Å². The van der Waals surface area contributed by atoms with E-state index in [9.17, 15) is 4.79 Å². The predicted molar refractivity (Wildman–Crippen MR) is 119 cm³/mol. The van der Waals surface area contributed by atoms with Crippen LogP contribution < -0.4 is 5.32 Å². The highest BCUT2D eigenvalue weighted by molar-refractivity contribution is 7.98. The van der Waals surface area contributed by atoms with Crippen molar-refractivity contribution in [2.24, 2.45) is 0 Å². The second kappa shape index (κ2) is 9.11. The molecule has 3 aromatic carbocycles. The first kappa shape index (κ1) is 20.2. The van der Waals surface area contributed by atoms with Crippen LogP contribution in [0.15, 0.2) is 71.6 Å². The normalized spacial score (nSPS) is 11.9. The maximum atomic E-state index is 12.6. The molecule has 3 rings (SSSR count). The second-order valence-corrected chi connectivity index (χ2v) is 8.40. The summed E-state index contributed by atoms with van der Waals surface area (Å²) in [5, 5.41) is 3.11. The highest BCUT2D eigenvalue weighted by atomic mass is 32.2. The smallest absolute Gasteiger partial charge is 0.251 e. The third-order valence-corrected chi connectivity index (χ3v) is 5.97. The lowest BCUT2D eigenvalue weighted by Gasteiger charge is -2.17. The van der Waals surface area contributed by atoms with Crippen molar-refractivity contribution in [3.63, 3.8) is 0 Å². The van der Waals surface area contributed by atoms with Gasteiger partial charge in [0.15, 0.2) is 0 Å². The van der Waals surface area contributed by atoms with Crippen molar-refractivity contribution in [2.75, 3.05) is 0 Å². The SMILES string of the molecule is Cc1ccc(SCc2ccc(C(=O)NC(C)c3ccc(C)cc3C)cc2)cc1. The van der Waals surface area contributed by atoms with Gasteiger partial charge >= 0.3 is 0 Å². The standard InChI is InChI=1S/C25H27NOS/c1-17-5-12-23(13-6-17)28-16-21-8-10-22(11-9-21)25(27)26-20(4)24-14-7-18(2)15-19(24)3/h5-15,20H,16H2,1-4H3,(H,26,27). The number of thioether (sulfide) groups is 1. The number of rotatable bonds is 6. The van der Waals surface area contributed by atoms with Crippen LogP contribution in [0.2, 0.25) is 0 Å². The van der Waals surface area contributed by atoms with Crippen LogP contribution in [0.3, 0.4) is 0 Å². The van der Waals surface area contributed by atoms with Gasteiger partial charge in [-0.2, -0.15) is 0 Å². The molecular weight excluding hydrogens is 362 g/mol. The molecule has 0 aliphatic carbocycles. The summed E-state index contributed by atoms with van der Waals surface area (Å²) >= 11 is 1.81. The molecule has 2 nitrogen and oxygen atoms in total. The molecule has 144 valence electrons. The van der Waals surface area contributed by atoms with Crippen molar-refractivity contribution >= 4 is 17.7 Å². The number of hydrogen-bond acceptors (Lipinski definition) is 2. The highest BCUT2D eigenvalue weighted by Gasteiger charge is 2.13. The molecule has 0 aliphatic rings. The van der Waals surface area contributed by atoms with Gasteiger partial charge in [0, 0.05) is 16.2 Å². The van der Waals surface area contributed by atoms with Gasteiger partial charge in [-0.25, -0.2) is 0 Å². The monoisotopic (exact) mass is 389 g/mol. The molecule has 3 aromatic rings. The van der Waals surface area contributed by atoms with E-state index in [2.05, 4.69) is 68.6 Å². The molecule has 0 saturated heterocycles. The molecule has 0 radical (unpaired) electrons. The predicted octanol–water partition coefficient (Wildman–Crippen LogP) is 6.40. The van der Waals surface area contributed by atoms with E-state index < -0.39 is 0 Å². The van der Waals surface area contributed by atoms with E-state index in [1.165, 1.54) is 27.1 Å². The van der Waals surface area contributed by atoms with Crippen molar-refractivity contribution in [3.8, 4) is 0 Å². The van der Waals surface area contributed by atoms with Crippen molar-refractivity contribution < 1.29 is 4.79 Å². The van der Waals surface area contributed by atoms with Gasteiger partial charge in [0.05, 0.1) is 6.04 Å². The average Bonchev–Trinajstić information content (AvgIpc) is 2.67. The highest BCUT2D eigenvalue weighted by Crippen LogP contribution is 2.23. The topological polar surface area (TPSA) is 29.1 Å². The quantitative estimate of drug-likeness (QED) is 0.495. The summed E-state index contributed by atoms with van der Waals surface area (Å²) in [6.45, 7) is 8.30. The van der Waals surface area contributed by atoms with Gasteiger partial charge in [-0.05, 0) is 68.7 Å². The number of nitrogens with one attached hydrogen (secondary N) is 1. The first-order chi connectivity index (χ1) is 13.4. The Hall–Kier alpha value is -2.52. The molecule has 0 bridgehead atoms. The number of benzene rings is 3. The van der Waals surface area contributed by atoms with Crippen molar-refractivity contribution in [3.05, 3.63) is 100 Å². The van der Waals surface area contributed by atoms with Crippen LogP contribution in [0.1, 0.15) is 51.1 Å². The minimum absolute atomic E-state index is 0.0233. The summed E-state index contributed by atoms with van der Waals surface area (Å²) in [6.07, 6.45) is 0. The van der Waals surface area contributed by atoms with Crippen molar-refractivity contribution in [2.45, 2.75) is 44.4 Å². The zero-order chi connectivity index (χ0) is 20.1. The Morgan fingerprint density at radius 2 is 1.54 bits per heavy atom. The summed E-state index contributed by atoms with van der Waals surface area (Å²) in [4.78, 5) is 13.9. The summed E-state index contributed by atoms with van der Waals surface area (Å²) < 4.78 is 0. The Kier molecular flexibility index (Phi) is 6.58. The minimum atomic E-state index is -0.0368. The molecule has 28 heavy (non-hydrogen) atoms. The van der Waals surface area contributed by atoms with Crippen LogP contribution in [-0.2, 0) is 5.75 Å². The van der Waals surface area contributed by atoms with Gasteiger partial charge < -0.3 is 5.32 Å². The molecule has 1 amide bonds. The molecule has 0 spiro atoms. The Balaban J connectivity index is 1.59. The molecule has 1 atom stereocenters. The number of carbonyl (C=O) groups is 1. The first-order valence-corrected chi connectivity index (χ1v) is 10.6. The molecule has 0 aliphatic heterocycles. The van der Waals surface area contributed by atoms with E-state index in [0.717, 1.165) is 11.3 Å². The Bertz CT molecular complexity index is 945. The minimum Gasteiger partial charge on any atom is -0.346 e. The number of amides is 1. The zero-order valence-electron chi connectivity index (χ0n) is 17.0. The van der Waals surface area contributed by atoms with Crippen LogP contribution in [0.4, 0.5) is 0 Å². The van der Waals surface area contributed by atoms with Gasteiger partial charge in [-0.1, -0.05) is 53.6 Å². The molecule has 0 saturated carbocycles. The fraction of sp³-hybridized carbons (Fsp3) is 0.240. The Morgan fingerprint density at radius 1 is 0.893 bits per heavy atom. The van der Waals surface area contributed by atoms with Crippen LogP contribution in [0.25, 0.3) is 0 Å². The lowest BCUT2D eigenvalue weighted by Crippen LogP contribution is -2.27.